The molecule has 3 aromatic carbocycles. The van der Waals surface area contributed by atoms with Gasteiger partial charge in [0.15, 0.2) is 0 Å². The van der Waals surface area contributed by atoms with E-state index in [1.165, 1.54) is 11.8 Å². The van der Waals surface area contributed by atoms with E-state index in [-0.39, 0.29) is 17.6 Å². The van der Waals surface area contributed by atoms with Gasteiger partial charge in [-0.3, -0.25) is 9.59 Å². The number of nitrogens with one attached hydrogen (secondary N) is 1. The number of halogens is 1. The second-order valence-corrected chi connectivity index (χ2v) is 10.1. The molecule has 0 bridgehead atoms. The van der Waals surface area contributed by atoms with Crippen LogP contribution in [0.2, 0.25) is 5.02 Å². The molecule has 0 spiro atoms. The summed E-state index contributed by atoms with van der Waals surface area (Å²) in [7, 11) is 1.57. The first-order valence-electron chi connectivity index (χ1n) is 12.3. The van der Waals surface area contributed by atoms with Crippen molar-refractivity contribution in [1.82, 2.24) is 25.1 Å². The van der Waals surface area contributed by atoms with Gasteiger partial charge in [0.1, 0.15) is 5.75 Å². The lowest BCUT2D eigenvalue weighted by molar-refractivity contribution is -0.113. The Labute approximate surface area is 234 Å². The van der Waals surface area contributed by atoms with E-state index in [4.69, 9.17) is 16.3 Å². The third kappa shape index (κ3) is 6.32. The molecule has 0 aliphatic carbocycles. The van der Waals surface area contributed by atoms with Crippen molar-refractivity contribution in [2.45, 2.75) is 5.16 Å². The molecule has 1 saturated heterocycles. The maximum atomic E-state index is 13.0. The molecule has 0 unspecified atom stereocenters. The predicted molar refractivity (Wildman–Crippen MR) is 151 cm³/mol. The van der Waals surface area contributed by atoms with Gasteiger partial charge in [0.25, 0.3) is 5.91 Å². The van der Waals surface area contributed by atoms with Crippen molar-refractivity contribution in [3.63, 3.8) is 0 Å². The largest absolute Gasteiger partial charge is 0.496 e. The Kier molecular flexibility index (Phi) is 8.28. The lowest BCUT2D eigenvalue weighted by atomic mass is 10.1. The first-order chi connectivity index (χ1) is 19.0. The third-order valence-electron chi connectivity index (χ3n) is 6.26. The molecular weight excluding hydrogens is 538 g/mol. The molecule has 1 aromatic heterocycles. The quantitative estimate of drug-likeness (QED) is 0.321. The number of hydrogen-bond acceptors (Lipinski definition) is 8. The van der Waals surface area contributed by atoms with E-state index in [1.807, 2.05) is 53.4 Å². The number of piperazine rings is 1. The summed E-state index contributed by atoms with van der Waals surface area (Å²) in [6, 6.07) is 22.1. The monoisotopic (exact) mass is 563 g/mol. The van der Waals surface area contributed by atoms with Crippen molar-refractivity contribution in [3.8, 4) is 11.4 Å². The fraction of sp³-hybridized carbons (Fsp3) is 0.222. The standard InChI is InChI=1S/C27H26ClN7O3S/c1-38-24-5-3-2-4-23(24)26(37)34-16-14-33(15-17-34)21-12-8-20(9-13-21)29-25(36)18-39-27-30-31-32-35(27)22-10-6-19(28)7-11-22/h2-13H,14-18H2,1H3,(H,29,36). The Morgan fingerprint density at radius 2 is 1.64 bits per heavy atom. The van der Waals surface area contributed by atoms with Crippen LogP contribution in [0.1, 0.15) is 10.4 Å². The summed E-state index contributed by atoms with van der Waals surface area (Å²) in [5.41, 5.74) is 3.07. The van der Waals surface area contributed by atoms with Crippen LogP contribution in [-0.4, -0.2) is 76.0 Å². The molecule has 10 nitrogen and oxygen atoms in total. The molecule has 0 atom stereocenters. The molecule has 1 aliphatic heterocycles. The average molecular weight is 564 g/mol. The number of thioether (sulfide) groups is 1. The number of para-hydroxylation sites is 1. The van der Waals surface area contributed by atoms with Crippen LogP contribution in [-0.2, 0) is 4.79 Å². The van der Waals surface area contributed by atoms with Gasteiger partial charge < -0.3 is 19.9 Å². The van der Waals surface area contributed by atoms with Gasteiger partial charge in [0.05, 0.1) is 24.1 Å². The van der Waals surface area contributed by atoms with E-state index in [2.05, 4.69) is 25.7 Å². The van der Waals surface area contributed by atoms with Gasteiger partial charge in [-0.05, 0) is 71.1 Å². The highest BCUT2D eigenvalue weighted by atomic mass is 35.5. The second-order valence-electron chi connectivity index (χ2n) is 8.71. The molecule has 1 aliphatic rings. The number of carbonyl (C=O) groups excluding carboxylic acids is 2. The summed E-state index contributed by atoms with van der Waals surface area (Å²) < 4.78 is 6.91. The molecule has 12 heteroatoms. The van der Waals surface area contributed by atoms with Crippen molar-refractivity contribution in [1.29, 1.82) is 0 Å². The van der Waals surface area contributed by atoms with E-state index in [0.29, 0.717) is 53.4 Å². The zero-order chi connectivity index (χ0) is 27.2. The summed E-state index contributed by atoms with van der Waals surface area (Å²) in [6.07, 6.45) is 0. The van der Waals surface area contributed by atoms with Crippen molar-refractivity contribution < 1.29 is 14.3 Å². The number of benzene rings is 3. The Balaban J connectivity index is 1.11. The lowest BCUT2D eigenvalue weighted by Crippen LogP contribution is -2.48. The van der Waals surface area contributed by atoms with Crippen molar-refractivity contribution >= 4 is 46.6 Å². The number of anilines is 2. The predicted octanol–water partition coefficient (Wildman–Crippen LogP) is 4.02. The maximum absolute atomic E-state index is 13.0. The van der Waals surface area contributed by atoms with Crippen molar-refractivity contribution in [2.24, 2.45) is 0 Å². The molecule has 39 heavy (non-hydrogen) atoms. The zero-order valence-corrected chi connectivity index (χ0v) is 22.7. The van der Waals surface area contributed by atoms with Gasteiger partial charge in [0, 0.05) is 42.6 Å². The first kappa shape index (κ1) is 26.5. The highest BCUT2D eigenvalue weighted by Gasteiger charge is 2.24. The summed E-state index contributed by atoms with van der Waals surface area (Å²) in [4.78, 5) is 29.6. The van der Waals surface area contributed by atoms with E-state index >= 15 is 0 Å². The SMILES string of the molecule is COc1ccccc1C(=O)N1CCN(c2ccc(NC(=O)CSc3nnnn3-c3ccc(Cl)cc3)cc2)CC1. The highest BCUT2D eigenvalue weighted by molar-refractivity contribution is 7.99. The van der Waals surface area contributed by atoms with Gasteiger partial charge in [-0.15, -0.1) is 5.10 Å². The number of tetrazole rings is 1. The van der Waals surface area contributed by atoms with Crippen LogP contribution in [0.4, 0.5) is 11.4 Å². The number of carbonyl (C=O) groups is 2. The Morgan fingerprint density at radius 1 is 0.949 bits per heavy atom. The molecule has 4 aromatic rings. The van der Waals surface area contributed by atoms with Crippen LogP contribution in [0.15, 0.2) is 78.0 Å². The summed E-state index contributed by atoms with van der Waals surface area (Å²) in [5.74, 6) is 0.547. The van der Waals surface area contributed by atoms with Gasteiger partial charge >= 0.3 is 0 Å². The van der Waals surface area contributed by atoms with E-state index in [0.717, 1.165) is 11.4 Å². The summed E-state index contributed by atoms with van der Waals surface area (Å²) in [5, 5.41) is 15.8. The number of aromatic nitrogens is 4. The lowest BCUT2D eigenvalue weighted by Gasteiger charge is -2.36. The number of nitrogens with zero attached hydrogens (tertiary/aromatic N) is 6. The molecule has 2 heterocycles. The fourth-order valence-electron chi connectivity index (χ4n) is 4.26. The summed E-state index contributed by atoms with van der Waals surface area (Å²) in [6.45, 7) is 2.65. The van der Waals surface area contributed by atoms with Crippen LogP contribution >= 0.6 is 23.4 Å². The molecule has 1 fully saturated rings. The van der Waals surface area contributed by atoms with Gasteiger partial charge in [-0.25, -0.2) is 0 Å². The molecule has 0 saturated carbocycles. The van der Waals surface area contributed by atoms with Crippen LogP contribution in [0, 0.1) is 0 Å². The minimum atomic E-state index is -0.165. The van der Waals surface area contributed by atoms with Gasteiger partial charge in [-0.1, -0.05) is 35.5 Å². The molecule has 2 amide bonds. The Bertz CT molecular complexity index is 1440. The zero-order valence-electron chi connectivity index (χ0n) is 21.2. The number of hydrogen-bond donors (Lipinski definition) is 1. The number of ether oxygens (including phenoxy) is 1. The van der Waals surface area contributed by atoms with Crippen molar-refractivity contribution in [2.75, 3.05) is 49.3 Å². The van der Waals surface area contributed by atoms with Crippen LogP contribution in [0.25, 0.3) is 5.69 Å². The number of amides is 2. The Hall–Kier alpha value is -4.09. The van der Waals surface area contributed by atoms with Crippen LogP contribution in [0.5, 0.6) is 5.75 Å². The van der Waals surface area contributed by atoms with Crippen LogP contribution in [0.3, 0.4) is 0 Å². The summed E-state index contributed by atoms with van der Waals surface area (Å²) >= 11 is 7.20. The molecule has 5 rings (SSSR count). The number of rotatable bonds is 8. The van der Waals surface area contributed by atoms with Crippen LogP contribution < -0.4 is 15.0 Å². The maximum Gasteiger partial charge on any atom is 0.257 e. The number of methoxy groups -OCH3 is 1. The normalized spacial score (nSPS) is 13.3. The minimum Gasteiger partial charge on any atom is -0.496 e. The minimum absolute atomic E-state index is 0.0229. The van der Waals surface area contributed by atoms with Crippen molar-refractivity contribution in [3.05, 3.63) is 83.4 Å². The van der Waals surface area contributed by atoms with Gasteiger partial charge in [-0.2, -0.15) is 4.68 Å². The second kappa shape index (κ2) is 12.2. The molecule has 0 radical (unpaired) electrons. The molecule has 200 valence electrons. The van der Waals surface area contributed by atoms with E-state index in [9.17, 15) is 9.59 Å². The molecule has 1 N–H and O–H groups in total. The highest BCUT2D eigenvalue weighted by Crippen LogP contribution is 2.24. The Morgan fingerprint density at radius 3 is 2.36 bits per heavy atom. The smallest absolute Gasteiger partial charge is 0.257 e. The van der Waals surface area contributed by atoms with Gasteiger partial charge in [0.2, 0.25) is 11.1 Å². The topological polar surface area (TPSA) is 105 Å². The first-order valence-corrected chi connectivity index (χ1v) is 13.6. The average Bonchev–Trinajstić information content (AvgIpc) is 3.45. The van der Waals surface area contributed by atoms with E-state index < -0.39 is 0 Å². The molecular formula is C27H26ClN7O3S. The fourth-order valence-corrected chi connectivity index (χ4v) is 5.07. The van der Waals surface area contributed by atoms with E-state index in [1.54, 1.807) is 36.1 Å². The third-order valence-corrected chi connectivity index (χ3v) is 7.44.